The van der Waals surface area contributed by atoms with Gasteiger partial charge in [0, 0.05) is 8.47 Å². The Morgan fingerprint density at radius 1 is 1.55 bits per heavy atom. The summed E-state index contributed by atoms with van der Waals surface area (Å²) in [5, 5.41) is 0.840. The van der Waals surface area contributed by atoms with Crippen molar-refractivity contribution in [3.63, 3.8) is 0 Å². The molecule has 0 saturated heterocycles. The first-order chi connectivity index (χ1) is 4.74. The van der Waals surface area contributed by atoms with Crippen molar-refractivity contribution < 1.29 is 31.0 Å². The molecule has 11 heavy (non-hydrogen) atoms. The molecule has 0 N–H and O–H groups in total. The molecule has 0 heterocycles. The van der Waals surface area contributed by atoms with Gasteiger partial charge in [0.15, 0.2) is 0 Å². The predicted molar refractivity (Wildman–Crippen MR) is 57.1 cm³/mol. The van der Waals surface area contributed by atoms with E-state index >= 15 is 0 Å². The van der Waals surface area contributed by atoms with Crippen LogP contribution in [0, 0.1) is 3.57 Å². The quantitative estimate of drug-likeness (QED) is 0.420. The van der Waals surface area contributed by atoms with Crippen LogP contribution >= 0.6 is 46.0 Å². The number of thioether (sulfide) groups is 1. The summed E-state index contributed by atoms with van der Waals surface area (Å²) in [6, 6.07) is 6.07. The first kappa shape index (κ1) is 12.6. The molecular weight excluding hydrogens is 301 g/mol. The fourth-order valence-corrected chi connectivity index (χ4v) is 1.62. The van der Waals surface area contributed by atoms with Crippen molar-refractivity contribution in [1.82, 2.24) is 0 Å². The van der Waals surface area contributed by atoms with E-state index in [0.29, 0.717) is 0 Å². The smallest absolute Gasteiger partial charge is 1.00 e. The standard InChI is InChI=1S/C7H6ClIS.Na.H/c1-10-5-2-3-7(9)6(8)4-5;;/h2-4H,1H3;;/q;+1;-1. The molecule has 0 aliphatic heterocycles. The number of halogens is 2. The molecule has 1 aromatic rings. The summed E-state index contributed by atoms with van der Waals surface area (Å²) in [6.07, 6.45) is 2.04. The Labute approximate surface area is 113 Å². The van der Waals surface area contributed by atoms with Gasteiger partial charge in [-0.05, 0) is 47.0 Å². The SMILES string of the molecule is CSc1ccc(I)c(Cl)c1.[H-].[Na+]. The van der Waals surface area contributed by atoms with Crippen molar-refractivity contribution in [2.45, 2.75) is 4.90 Å². The normalized spacial score (nSPS) is 9.00. The Kier molecular flexibility index (Phi) is 6.99. The fraction of sp³-hybridized carbons (Fsp3) is 0.143. The van der Waals surface area contributed by atoms with Crippen LogP contribution in [0.25, 0.3) is 0 Å². The molecule has 0 atom stereocenters. The maximum atomic E-state index is 5.87. The summed E-state index contributed by atoms with van der Waals surface area (Å²) in [5.74, 6) is 0. The Hall–Kier alpha value is 1.59. The topological polar surface area (TPSA) is 0 Å². The van der Waals surface area contributed by atoms with Gasteiger partial charge >= 0.3 is 29.6 Å². The van der Waals surface area contributed by atoms with Crippen LogP contribution in [0.2, 0.25) is 5.02 Å². The molecule has 0 spiro atoms. The van der Waals surface area contributed by atoms with Gasteiger partial charge in [0.05, 0.1) is 5.02 Å². The molecule has 0 amide bonds. The Balaban J connectivity index is 0. The van der Waals surface area contributed by atoms with Crippen molar-refractivity contribution in [2.24, 2.45) is 0 Å². The third-order valence-corrected chi connectivity index (χ3v) is 3.42. The molecule has 0 aromatic heterocycles. The van der Waals surface area contributed by atoms with Crippen molar-refractivity contribution >= 4 is 46.0 Å². The van der Waals surface area contributed by atoms with Gasteiger partial charge in [0.25, 0.3) is 0 Å². The molecule has 0 aliphatic rings. The van der Waals surface area contributed by atoms with Crippen LogP contribution in [0.4, 0.5) is 0 Å². The first-order valence-corrected chi connectivity index (χ1v) is 5.41. The minimum Gasteiger partial charge on any atom is -1.00 e. The third-order valence-electron chi connectivity index (χ3n) is 1.13. The van der Waals surface area contributed by atoms with E-state index in [-0.39, 0.29) is 31.0 Å². The maximum absolute atomic E-state index is 5.87. The maximum Gasteiger partial charge on any atom is 1.00 e. The van der Waals surface area contributed by atoms with Crippen molar-refractivity contribution in [3.05, 3.63) is 26.8 Å². The van der Waals surface area contributed by atoms with E-state index in [1.165, 1.54) is 4.90 Å². The zero-order chi connectivity index (χ0) is 7.56. The van der Waals surface area contributed by atoms with Crippen LogP contribution < -0.4 is 29.6 Å². The minimum absolute atomic E-state index is 0. The van der Waals surface area contributed by atoms with Crippen molar-refractivity contribution in [3.8, 4) is 0 Å². The molecule has 0 nitrogen and oxygen atoms in total. The average Bonchev–Trinajstić information content (AvgIpc) is 1.95. The van der Waals surface area contributed by atoms with Crippen molar-refractivity contribution in [1.29, 1.82) is 0 Å². The zero-order valence-corrected chi connectivity index (χ0v) is 12.1. The average molecular weight is 309 g/mol. The van der Waals surface area contributed by atoms with Crippen molar-refractivity contribution in [2.75, 3.05) is 6.26 Å². The minimum atomic E-state index is 0. The monoisotopic (exact) mass is 308 g/mol. The first-order valence-electron chi connectivity index (χ1n) is 2.73. The Morgan fingerprint density at radius 3 is 2.64 bits per heavy atom. The van der Waals surface area contributed by atoms with Gasteiger partial charge in [-0.3, -0.25) is 0 Å². The van der Waals surface area contributed by atoms with E-state index < -0.39 is 0 Å². The molecule has 56 valence electrons. The molecule has 4 heteroatoms. The zero-order valence-electron chi connectivity index (χ0n) is 7.40. The second kappa shape index (κ2) is 6.11. The van der Waals surface area contributed by atoms with Gasteiger partial charge in [0.1, 0.15) is 0 Å². The Bertz CT molecular complexity index is 247. The number of benzene rings is 1. The van der Waals surface area contributed by atoms with Crippen LogP contribution in [0.3, 0.4) is 0 Å². The molecule has 1 aromatic carbocycles. The second-order valence-electron chi connectivity index (χ2n) is 1.78. The van der Waals surface area contributed by atoms with Gasteiger partial charge in [-0.1, -0.05) is 11.6 Å². The molecule has 0 fully saturated rings. The Morgan fingerprint density at radius 2 is 2.18 bits per heavy atom. The molecule has 1 rings (SSSR count). The van der Waals surface area contributed by atoms with E-state index in [1.807, 2.05) is 18.4 Å². The van der Waals surface area contributed by atoms with Gasteiger partial charge in [-0.25, -0.2) is 0 Å². The molecule has 0 bridgehead atoms. The van der Waals surface area contributed by atoms with Gasteiger partial charge in [0.2, 0.25) is 0 Å². The molecular formula is C7H7ClINaS. The molecule has 0 unspecified atom stereocenters. The van der Waals surface area contributed by atoms with Crippen LogP contribution in [0.1, 0.15) is 1.43 Å². The summed E-state index contributed by atoms with van der Waals surface area (Å²) in [7, 11) is 0. The number of rotatable bonds is 1. The van der Waals surface area contributed by atoms with E-state index in [2.05, 4.69) is 28.7 Å². The molecule has 0 aliphatic carbocycles. The van der Waals surface area contributed by atoms with E-state index in [1.54, 1.807) is 11.8 Å². The van der Waals surface area contributed by atoms with Crippen LogP contribution in [-0.4, -0.2) is 6.26 Å². The van der Waals surface area contributed by atoms with E-state index in [4.69, 9.17) is 11.6 Å². The van der Waals surface area contributed by atoms with Crippen LogP contribution in [0.5, 0.6) is 0 Å². The molecule has 0 saturated carbocycles. The van der Waals surface area contributed by atoms with Crippen LogP contribution in [0.15, 0.2) is 23.1 Å². The number of hydrogen-bond acceptors (Lipinski definition) is 1. The summed E-state index contributed by atoms with van der Waals surface area (Å²) in [4.78, 5) is 1.21. The van der Waals surface area contributed by atoms with E-state index in [0.717, 1.165) is 8.59 Å². The van der Waals surface area contributed by atoms with Crippen LogP contribution in [-0.2, 0) is 0 Å². The van der Waals surface area contributed by atoms with Gasteiger partial charge < -0.3 is 1.43 Å². The van der Waals surface area contributed by atoms with Gasteiger partial charge in [-0.15, -0.1) is 11.8 Å². The summed E-state index contributed by atoms with van der Waals surface area (Å²) >= 11 is 9.79. The predicted octanol–water partition coefficient (Wildman–Crippen LogP) is 0.783. The summed E-state index contributed by atoms with van der Waals surface area (Å²) in [5.41, 5.74) is 0. The number of hydrogen-bond donors (Lipinski definition) is 0. The van der Waals surface area contributed by atoms with Gasteiger partial charge in [-0.2, -0.15) is 0 Å². The fourth-order valence-electron chi connectivity index (χ4n) is 0.604. The summed E-state index contributed by atoms with van der Waals surface area (Å²) in [6.45, 7) is 0. The second-order valence-corrected chi connectivity index (χ2v) is 4.23. The van der Waals surface area contributed by atoms with E-state index in [9.17, 15) is 0 Å². The third kappa shape index (κ3) is 3.87. The summed E-state index contributed by atoms with van der Waals surface area (Å²) < 4.78 is 1.11. The largest absolute Gasteiger partial charge is 1.00 e. The molecule has 0 radical (unpaired) electrons.